The van der Waals surface area contributed by atoms with Crippen LogP contribution in [0, 0.1) is 0 Å². The molecule has 1 amide bonds. The summed E-state index contributed by atoms with van der Waals surface area (Å²) in [5.41, 5.74) is 1.09. The number of aromatic amines is 1. The van der Waals surface area contributed by atoms with E-state index in [-0.39, 0.29) is 17.6 Å². The highest BCUT2D eigenvalue weighted by atomic mass is 79.9. The van der Waals surface area contributed by atoms with Gasteiger partial charge in [0.1, 0.15) is 11.8 Å². The summed E-state index contributed by atoms with van der Waals surface area (Å²) >= 11 is 3.42. The highest BCUT2D eigenvalue weighted by molar-refractivity contribution is 9.10. The van der Waals surface area contributed by atoms with Gasteiger partial charge in [-0.15, -0.1) is 0 Å². The number of ether oxygens (including phenoxy) is 1. The summed E-state index contributed by atoms with van der Waals surface area (Å²) in [7, 11) is 0. The van der Waals surface area contributed by atoms with E-state index in [1.54, 1.807) is 17.0 Å². The summed E-state index contributed by atoms with van der Waals surface area (Å²) in [6.07, 6.45) is -0.173. The number of aromatic nitrogens is 1. The maximum absolute atomic E-state index is 12.9. The lowest BCUT2D eigenvalue weighted by molar-refractivity contribution is -0.0230. The fraction of sp³-hybridized carbons (Fsp3) is 0.200. The molecule has 0 aliphatic carbocycles. The topological polar surface area (TPSA) is 62.4 Å². The van der Waals surface area contributed by atoms with Gasteiger partial charge in [0, 0.05) is 16.4 Å². The number of benzene rings is 2. The predicted molar refractivity (Wildman–Crippen MR) is 103 cm³/mol. The first-order valence-corrected chi connectivity index (χ1v) is 9.19. The van der Waals surface area contributed by atoms with E-state index in [0.29, 0.717) is 30.8 Å². The number of rotatable bonds is 2. The monoisotopic (exact) mass is 412 g/mol. The number of nitrogens with one attached hydrogen (secondary N) is 1. The SMILES string of the molecule is O=C(c1cc2ccccc2c(=O)[nH]1)N1CCO[C@@H](c2ccc(Br)cc2)C1. The fourth-order valence-corrected chi connectivity index (χ4v) is 3.47. The highest BCUT2D eigenvalue weighted by Crippen LogP contribution is 2.24. The second kappa shape index (κ2) is 7.05. The van der Waals surface area contributed by atoms with Gasteiger partial charge >= 0.3 is 0 Å². The molecule has 1 atom stereocenters. The van der Waals surface area contributed by atoms with E-state index in [0.717, 1.165) is 15.4 Å². The van der Waals surface area contributed by atoms with Crippen molar-refractivity contribution in [2.75, 3.05) is 19.7 Å². The molecule has 132 valence electrons. The van der Waals surface area contributed by atoms with Crippen LogP contribution < -0.4 is 5.56 Å². The minimum atomic E-state index is -0.246. The maximum atomic E-state index is 12.9. The van der Waals surface area contributed by atoms with Crippen molar-refractivity contribution in [3.05, 3.63) is 80.7 Å². The third-order valence-electron chi connectivity index (χ3n) is 4.58. The molecule has 26 heavy (non-hydrogen) atoms. The van der Waals surface area contributed by atoms with Gasteiger partial charge in [-0.25, -0.2) is 0 Å². The van der Waals surface area contributed by atoms with E-state index >= 15 is 0 Å². The average Bonchev–Trinajstić information content (AvgIpc) is 2.68. The zero-order chi connectivity index (χ0) is 18.1. The lowest BCUT2D eigenvalue weighted by Crippen LogP contribution is -2.42. The molecular weight excluding hydrogens is 396 g/mol. The lowest BCUT2D eigenvalue weighted by Gasteiger charge is -2.33. The van der Waals surface area contributed by atoms with Gasteiger partial charge in [0.15, 0.2) is 0 Å². The summed E-state index contributed by atoms with van der Waals surface area (Å²) < 4.78 is 6.83. The van der Waals surface area contributed by atoms with E-state index in [1.165, 1.54) is 0 Å². The van der Waals surface area contributed by atoms with E-state index in [9.17, 15) is 9.59 Å². The Bertz CT molecular complexity index is 1010. The van der Waals surface area contributed by atoms with Crippen LogP contribution in [0.5, 0.6) is 0 Å². The fourth-order valence-electron chi connectivity index (χ4n) is 3.21. The van der Waals surface area contributed by atoms with Crippen molar-refractivity contribution >= 4 is 32.6 Å². The number of morpholine rings is 1. The molecule has 1 aliphatic heterocycles. The van der Waals surface area contributed by atoms with Crippen molar-refractivity contribution in [1.29, 1.82) is 0 Å². The predicted octanol–water partition coefficient (Wildman–Crippen LogP) is 3.50. The molecule has 4 rings (SSSR count). The third kappa shape index (κ3) is 3.30. The molecule has 6 heteroatoms. The van der Waals surface area contributed by atoms with Crippen LogP contribution in [0.4, 0.5) is 0 Å². The molecule has 1 fully saturated rings. The van der Waals surface area contributed by atoms with Crippen molar-refractivity contribution in [1.82, 2.24) is 9.88 Å². The Morgan fingerprint density at radius 2 is 1.92 bits per heavy atom. The number of nitrogens with zero attached hydrogens (tertiary/aromatic N) is 1. The molecule has 0 saturated carbocycles. The van der Waals surface area contributed by atoms with Crippen LogP contribution in [0.2, 0.25) is 0 Å². The number of fused-ring (bicyclic) bond motifs is 1. The molecule has 2 heterocycles. The Morgan fingerprint density at radius 1 is 1.15 bits per heavy atom. The number of halogens is 1. The molecule has 1 aromatic heterocycles. The third-order valence-corrected chi connectivity index (χ3v) is 5.11. The summed E-state index contributed by atoms with van der Waals surface area (Å²) in [5.74, 6) is -0.182. The molecule has 0 bridgehead atoms. The second-order valence-corrected chi connectivity index (χ2v) is 7.18. The van der Waals surface area contributed by atoms with Gasteiger partial charge in [0.05, 0.1) is 13.2 Å². The number of carbonyl (C=O) groups is 1. The zero-order valence-electron chi connectivity index (χ0n) is 13.9. The molecular formula is C20H17BrN2O3. The van der Waals surface area contributed by atoms with Crippen molar-refractivity contribution in [3.8, 4) is 0 Å². The second-order valence-electron chi connectivity index (χ2n) is 6.26. The largest absolute Gasteiger partial charge is 0.370 e. The Kier molecular flexibility index (Phi) is 4.61. The quantitative estimate of drug-likeness (QED) is 0.700. The van der Waals surface area contributed by atoms with Gasteiger partial charge in [0.25, 0.3) is 11.5 Å². The first-order chi connectivity index (χ1) is 12.6. The number of carbonyl (C=O) groups excluding carboxylic acids is 1. The van der Waals surface area contributed by atoms with Crippen molar-refractivity contribution in [2.45, 2.75) is 6.10 Å². The van der Waals surface area contributed by atoms with E-state index < -0.39 is 0 Å². The van der Waals surface area contributed by atoms with Crippen LogP contribution in [-0.2, 0) is 4.74 Å². The Labute approximate surface area is 158 Å². The van der Waals surface area contributed by atoms with E-state index in [4.69, 9.17) is 4.74 Å². The van der Waals surface area contributed by atoms with Crippen molar-refractivity contribution < 1.29 is 9.53 Å². The van der Waals surface area contributed by atoms with Crippen LogP contribution in [-0.4, -0.2) is 35.5 Å². The lowest BCUT2D eigenvalue weighted by atomic mass is 10.1. The number of amides is 1. The van der Waals surface area contributed by atoms with Crippen LogP contribution in [0.3, 0.4) is 0 Å². The molecule has 1 aliphatic rings. The summed E-state index contributed by atoms with van der Waals surface area (Å²) in [6.45, 7) is 1.42. The smallest absolute Gasteiger partial charge is 0.270 e. The molecule has 1 saturated heterocycles. The molecule has 3 aromatic rings. The maximum Gasteiger partial charge on any atom is 0.270 e. The van der Waals surface area contributed by atoms with Crippen LogP contribution in [0.1, 0.15) is 22.2 Å². The van der Waals surface area contributed by atoms with Crippen LogP contribution >= 0.6 is 15.9 Å². The summed E-state index contributed by atoms with van der Waals surface area (Å²) in [5, 5.41) is 1.34. The highest BCUT2D eigenvalue weighted by Gasteiger charge is 2.26. The minimum absolute atomic E-state index is 0.173. The van der Waals surface area contributed by atoms with Crippen LogP contribution in [0.25, 0.3) is 10.8 Å². The molecule has 5 nitrogen and oxygen atoms in total. The minimum Gasteiger partial charge on any atom is -0.370 e. The molecule has 0 radical (unpaired) electrons. The standard InChI is InChI=1S/C20H17BrN2O3/c21-15-7-5-13(6-8-15)18-12-23(9-10-26-18)20(25)17-11-14-3-1-2-4-16(14)19(24)22-17/h1-8,11,18H,9-10,12H2,(H,22,24)/t18-/m1/s1. The molecule has 1 N–H and O–H groups in total. The zero-order valence-corrected chi connectivity index (χ0v) is 15.5. The van der Waals surface area contributed by atoms with Gasteiger partial charge in [0.2, 0.25) is 0 Å². The van der Waals surface area contributed by atoms with Crippen LogP contribution in [0.15, 0.2) is 63.9 Å². The van der Waals surface area contributed by atoms with Gasteiger partial charge in [-0.1, -0.05) is 46.3 Å². The number of pyridine rings is 1. The Morgan fingerprint density at radius 3 is 2.73 bits per heavy atom. The van der Waals surface area contributed by atoms with E-state index in [2.05, 4.69) is 20.9 Å². The number of H-pyrrole nitrogens is 1. The van der Waals surface area contributed by atoms with Crippen molar-refractivity contribution in [2.24, 2.45) is 0 Å². The summed E-state index contributed by atoms with van der Waals surface area (Å²) in [4.78, 5) is 29.6. The van der Waals surface area contributed by atoms with Gasteiger partial charge in [-0.2, -0.15) is 0 Å². The number of hydrogen-bond donors (Lipinski definition) is 1. The number of hydrogen-bond acceptors (Lipinski definition) is 3. The van der Waals surface area contributed by atoms with Gasteiger partial charge in [-0.05, 0) is 35.2 Å². The Hall–Kier alpha value is -2.44. The summed E-state index contributed by atoms with van der Waals surface area (Å²) in [6, 6.07) is 16.9. The van der Waals surface area contributed by atoms with Gasteiger partial charge < -0.3 is 14.6 Å². The van der Waals surface area contributed by atoms with Gasteiger partial charge in [-0.3, -0.25) is 9.59 Å². The first-order valence-electron chi connectivity index (χ1n) is 8.40. The normalized spacial score (nSPS) is 17.4. The first kappa shape index (κ1) is 17.0. The van der Waals surface area contributed by atoms with E-state index in [1.807, 2.05) is 42.5 Å². The molecule has 0 unspecified atom stereocenters. The molecule has 0 spiro atoms. The van der Waals surface area contributed by atoms with Crippen molar-refractivity contribution in [3.63, 3.8) is 0 Å². The molecule has 2 aromatic carbocycles. The average molecular weight is 413 g/mol. The Balaban J connectivity index is 1.59.